The fourth-order valence-electron chi connectivity index (χ4n) is 0.431. The van der Waals surface area contributed by atoms with Crippen molar-refractivity contribution in [2.75, 3.05) is 0 Å². The van der Waals surface area contributed by atoms with Gasteiger partial charge in [-0.25, -0.2) is 0 Å². The molecular formula is C7H9NW3. The van der Waals surface area contributed by atoms with Gasteiger partial charge in [0.15, 0.2) is 0 Å². The van der Waals surface area contributed by atoms with Crippen molar-refractivity contribution in [2.24, 2.45) is 5.73 Å². The third-order valence-corrected chi connectivity index (χ3v) is 3.56. The molecule has 0 aliphatic carbocycles. The van der Waals surface area contributed by atoms with Crippen LogP contribution in [0.1, 0.15) is 6.92 Å². The molecule has 0 aromatic carbocycles. The Morgan fingerprint density at radius 1 is 1.55 bits per heavy atom. The second-order valence-electron chi connectivity index (χ2n) is 1.84. The van der Waals surface area contributed by atoms with Gasteiger partial charge < -0.3 is 0 Å². The van der Waals surface area contributed by atoms with Crippen molar-refractivity contribution in [1.82, 2.24) is 0 Å². The van der Waals surface area contributed by atoms with Crippen LogP contribution in [0.4, 0.5) is 0 Å². The third-order valence-electron chi connectivity index (χ3n) is 0.968. The van der Waals surface area contributed by atoms with Gasteiger partial charge in [-0.05, 0) is 0 Å². The quantitative estimate of drug-likeness (QED) is 0.470. The van der Waals surface area contributed by atoms with Crippen molar-refractivity contribution in [1.29, 1.82) is 0 Å². The molecule has 0 bridgehead atoms. The first-order valence-corrected chi connectivity index (χ1v) is 5.86. The molecule has 0 unspecified atom stereocenters. The largest absolute Gasteiger partial charge is 0 e. The van der Waals surface area contributed by atoms with Crippen LogP contribution in [0.5, 0.6) is 0 Å². The second kappa shape index (κ2) is 7.72. The molecule has 0 aliphatic rings. The third kappa shape index (κ3) is 6.26. The van der Waals surface area contributed by atoms with Gasteiger partial charge in [0.2, 0.25) is 0 Å². The Morgan fingerprint density at radius 2 is 2.00 bits per heavy atom. The standard InChI is InChI=1S/C7H9N.3W/c1-4-6(2)5-7(3)8;;;/h1,4H,3,8H2,2H3;;;. The average Bonchev–Trinajstić information content (AvgIpc) is 1.87. The van der Waals surface area contributed by atoms with Gasteiger partial charge in [0.1, 0.15) is 0 Å². The Kier molecular flexibility index (Phi) is 10.2. The summed E-state index contributed by atoms with van der Waals surface area (Å²) in [7, 11) is 0. The van der Waals surface area contributed by atoms with Crippen molar-refractivity contribution in [2.45, 2.75) is 6.92 Å². The smallest absolute Gasteiger partial charge is 0 e. The van der Waals surface area contributed by atoms with Crippen molar-refractivity contribution in [3.05, 3.63) is 23.9 Å². The number of hydrogen-bond donors (Lipinski definition) is 1. The van der Waals surface area contributed by atoms with Gasteiger partial charge in [0.05, 0.1) is 0 Å². The molecule has 0 heterocycles. The van der Waals surface area contributed by atoms with E-state index in [4.69, 9.17) is 5.73 Å². The molecule has 0 aromatic rings. The van der Waals surface area contributed by atoms with E-state index in [9.17, 15) is 0 Å². The average molecular weight is 659 g/mol. The normalized spacial score (nSPS) is 9.73. The number of nitrogens with two attached hydrogens (primary N) is 1. The first-order chi connectivity index (χ1) is 4.59. The molecule has 0 fully saturated rings. The summed E-state index contributed by atoms with van der Waals surface area (Å²) < 4.78 is 3.25. The maximum atomic E-state index is 5.51. The fraction of sp³-hybridized carbons (Fsp3) is 0.143. The summed E-state index contributed by atoms with van der Waals surface area (Å²) in [5.74, 6) is 0. The molecule has 11 heavy (non-hydrogen) atoms. The zero-order valence-corrected chi connectivity index (χ0v) is 15.0. The van der Waals surface area contributed by atoms with Gasteiger partial charge in [-0.2, -0.15) is 0 Å². The molecule has 0 aromatic heterocycles. The van der Waals surface area contributed by atoms with Gasteiger partial charge in [-0.1, -0.05) is 0 Å². The Morgan fingerprint density at radius 3 is 2.27 bits per heavy atom. The van der Waals surface area contributed by atoms with Crippen LogP contribution >= 0.6 is 0 Å². The molecule has 0 saturated heterocycles. The SMILES string of the molecule is C=C(N)[C](=[W])C(C)=C[CH]=[W].[W]. The van der Waals surface area contributed by atoms with E-state index < -0.39 is 0 Å². The van der Waals surface area contributed by atoms with Crippen LogP contribution in [0.3, 0.4) is 0 Å². The zero-order valence-electron chi connectivity index (χ0n) is 6.16. The maximum absolute atomic E-state index is 5.51. The molecule has 1 nitrogen and oxygen atoms in total. The first-order valence-electron chi connectivity index (χ1n) is 2.70. The van der Waals surface area contributed by atoms with Crippen molar-refractivity contribution >= 4 is 8.30 Å². The van der Waals surface area contributed by atoms with Crippen LogP contribution in [0, 0.1) is 0 Å². The number of hydrogen-bond acceptors (Lipinski definition) is 1. The van der Waals surface area contributed by atoms with E-state index in [1.807, 2.05) is 0 Å². The van der Waals surface area contributed by atoms with E-state index in [0.29, 0.717) is 5.70 Å². The van der Waals surface area contributed by atoms with Gasteiger partial charge in [-0.3, -0.25) is 0 Å². The summed E-state index contributed by atoms with van der Waals surface area (Å²) >= 11 is 2.84. The number of rotatable bonds is 3. The molecule has 2 N–H and O–H groups in total. The van der Waals surface area contributed by atoms with Crippen LogP contribution in [0.25, 0.3) is 0 Å². The van der Waals surface area contributed by atoms with Crippen LogP contribution in [0.2, 0.25) is 0 Å². The van der Waals surface area contributed by atoms with E-state index in [1.165, 1.54) is 44.3 Å². The molecule has 0 atom stereocenters. The Bertz CT molecular complexity index is 206. The minimum absolute atomic E-state index is 0. The van der Waals surface area contributed by atoms with Gasteiger partial charge in [0, 0.05) is 21.1 Å². The first kappa shape index (κ1) is 14.6. The van der Waals surface area contributed by atoms with Crippen LogP contribution < -0.4 is 5.73 Å². The van der Waals surface area contributed by atoms with Gasteiger partial charge in [-0.15, -0.1) is 0 Å². The molecule has 4 heteroatoms. The molecule has 0 aliphatic heterocycles. The minimum atomic E-state index is 0. The summed E-state index contributed by atoms with van der Waals surface area (Å²) in [6.07, 6.45) is 2.08. The predicted molar refractivity (Wildman–Crippen MR) is 38.2 cm³/mol. The van der Waals surface area contributed by atoms with E-state index in [2.05, 4.69) is 24.0 Å². The fourth-order valence-corrected chi connectivity index (χ4v) is 1.41. The Balaban J connectivity index is 0. The summed E-state index contributed by atoms with van der Waals surface area (Å²) in [6.45, 7) is 5.73. The van der Waals surface area contributed by atoms with E-state index in [0.717, 1.165) is 3.90 Å². The zero-order chi connectivity index (χ0) is 8.15. The summed E-state index contributed by atoms with van der Waals surface area (Å²) in [5.41, 5.74) is 7.44. The number of allylic oxidation sites excluding steroid dienone is 2. The van der Waals surface area contributed by atoms with Gasteiger partial charge in [0.25, 0.3) is 0 Å². The van der Waals surface area contributed by atoms with Crippen molar-refractivity contribution < 1.29 is 59.8 Å². The molecule has 0 amide bonds. The van der Waals surface area contributed by atoms with E-state index in [-0.39, 0.29) is 21.1 Å². The van der Waals surface area contributed by atoms with E-state index >= 15 is 0 Å². The Hall–Kier alpha value is 1.08. The topological polar surface area (TPSA) is 26.0 Å². The van der Waals surface area contributed by atoms with Crippen LogP contribution in [-0.4, -0.2) is 8.30 Å². The van der Waals surface area contributed by atoms with Crippen LogP contribution in [-0.2, 0) is 59.8 Å². The van der Waals surface area contributed by atoms with Crippen LogP contribution in [0.15, 0.2) is 23.9 Å². The molecule has 0 rings (SSSR count). The molecular weight excluding hydrogens is 650 g/mol. The summed E-state index contributed by atoms with van der Waals surface area (Å²) in [5, 5.41) is 0. The Labute approximate surface area is 104 Å². The predicted octanol–water partition coefficient (Wildman–Crippen LogP) is 0.471. The molecule has 60 valence electrons. The minimum Gasteiger partial charge on any atom is 0 e. The summed E-state index contributed by atoms with van der Waals surface area (Å²) in [4.78, 5) is 0. The molecule has 0 spiro atoms. The monoisotopic (exact) mass is 659 g/mol. The van der Waals surface area contributed by atoms with E-state index in [1.54, 1.807) is 0 Å². The van der Waals surface area contributed by atoms with Crippen molar-refractivity contribution in [3.63, 3.8) is 0 Å². The maximum Gasteiger partial charge on any atom is 0 e. The molecule has 0 saturated carbocycles. The summed E-state index contributed by atoms with van der Waals surface area (Å²) in [6, 6.07) is 0. The van der Waals surface area contributed by atoms with Crippen molar-refractivity contribution in [3.8, 4) is 0 Å². The second-order valence-corrected chi connectivity index (χ2v) is 4.28. The van der Waals surface area contributed by atoms with Gasteiger partial charge >= 0.3 is 83.6 Å². The molecule has 0 radical (unpaired) electrons.